The van der Waals surface area contributed by atoms with Crippen molar-refractivity contribution < 1.29 is 9.53 Å². The molecule has 1 amide bonds. The molecule has 1 heterocycles. The predicted molar refractivity (Wildman–Crippen MR) is 105 cm³/mol. The van der Waals surface area contributed by atoms with Crippen LogP contribution in [-0.4, -0.2) is 17.5 Å². The van der Waals surface area contributed by atoms with Crippen LogP contribution >= 0.6 is 11.3 Å². The number of nitrogens with zero attached hydrogens (tertiary/aromatic N) is 1. The molecule has 0 aliphatic rings. The van der Waals surface area contributed by atoms with Gasteiger partial charge in [0.15, 0.2) is 0 Å². The number of ether oxygens (including phenoxy) is 1. The largest absolute Gasteiger partial charge is 0.494 e. The standard InChI is InChI=1S/C21H22N2O2S/c1-3-25-18-11-9-16(10-12-18)13-20(24)22-14-19-15(2)23-21(26-19)17-7-5-4-6-8-17/h4-12H,3,13-14H2,1-2H3,(H,22,24). The van der Waals surface area contributed by atoms with Crippen molar-refractivity contribution in [1.29, 1.82) is 0 Å². The van der Waals surface area contributed by atoms with E-state index in [1.54, 1.807) is 11.3 Å². The normalized spacial score (nSPS) is 10.5. The summed E-state index contributed by atoms with van der Waals surface area (Å²) in [4.78, 5) is 17.9. The van der Waals surface area contributed by atoms with Gasteiger partial charge >= 0.3 is 0 Å². The van der Waals surface area contributed by atoms with Gasteiger partial charge in [-0.1, -0.05) is 42.5 Å². The van der Waals surface area contributed by atoms with E-state index in [0.717, 1.165) is 32.5 Å². The Kier molecular flexibility index (Phi) is 6.02. The molecule has 0 aliphatic carbocycles. The number of amides is 1. The molecule has 5 heteroatoms. The molecule has 0 aliphatic heterocycles. The third kappa shape index (κ3) is 4.70. The molecule has 0 spiro atoms. The van der Waals surface area contributed by atoms with Gasteiger partial charge in [0.1, 0.15) is 10.8 Å². The van der Waals surface area contributed by atoms with E-state index in [1.807, 2.05) is 68.4 Å². The van der Waals surface area contributed by atoms with Gasteiger partial charge in [0.05, 0.1) is 25.3 Å². The van der Waals surface area contributed by atoms with Crippen molar-refractivity contribution in [3.8, 4) is 16.3 Å². The molecular formula is C21H22N2O2S. The Hall–Kier alpha value is -2.66. The maximum absolute atomic E-state index is 12.2. The summed E-state index contributed by atoms with van der Waals surface area (Å²) in [6.45, 7) is 5.08. The van der Waals surface area contributed by atoms with Crippen molar-refractivity contribution in [2.75, 3.05) is 6.61 Å². The topological polar surface area (TPSA) is 51.2 Å². The SMILES string of the molecule is CCOc1ccc(CC(=O)NCc2sc(-c3ccccc3)nc2C)cc1. The molecule has 0 fully saturated rings. The summed E-state index contributed by atoms with van der Waals surface area (Å²) in [5.74, 6) is 0.827. The zero-order valence-corrected chi connectivity index (χ0v) is 15.8. The number of aryl methyl sites for hydroxylation is 1. The summed E-state index contributed by atoms with van der Waals surface area (Å²) in [5, 5.41) is 3.98. The van der Waals surface area contributed by atoms with E-state index >= 15 is 0 Å². The third-order valence-corrected chi connectivity index (χ3v) is 5.17. The zero-order chi connectivity index (χ0) is 18.4. The third-order valence-electron chi connectivity index (χ3n) is 3.96. The van der Waals surface area contributed by atoms with Crippen molar-refractivity contribution in [2.45, 2.75) is 26.8 Å². The van der Waals surface area contributed by atoms with Crippen LogP contribution in [-0.2, 0) is 17.8 Å². The summed E-state index contributed by atoms with van der Waals surface area (Å²) in [5.41, 5.74) is 3.04. The first-order chi connectivity index (χ1) is 12.7. The molecule has 4 nitrogen and oxygen atoms in total. The smallest absolute Gasteiger partial charge is 0.224 e. The highest BCUT2D eigenvalue weighted by atomic mass is 32.1. The van der Waals surface area contributed by atoms with Gasteiger partial charge in [0, 0.05) is 10.4 Å². The molecule has 0 saturated carbocycles. The summed E-state index contributed by atoms with van der Waals surface area (Å²) in [7, 11) is 0. The number of carbonyl (C=O) groups is 1. The lowest BCUT2D eigenvalue weighted by molar-refractivity contribution is -0.120. The van der Waals surface area contributed by atoms with E-state index in [9.17, 15) is 4.79 Å². The fourth-order valence-corrected chi connectivity index (χ4v) is 3.60. The van der Waals surface area contributed by atoms with Gasteiger partial charge in [-0.2, -0.15) is 0 Å². The summed E-state index contributed by atoms with van der Waals surface area (Å²) < 4.78 is 5.42. The van der Waals surface area contributed by atoms with Crippen molar-refractivity contribution in [3.05, 3.63) is 70.7 Å². The Labute approximate surface area is 157 Å². The summed E-state index contributed by atoms with van der Waals surface area (Å²) >= 11 is 1.63. The van der Waals surface area contributed by atoms with Gasteiger partial charge < -0.3 is 10.1 Å². The second kappa shape index (κ2) is 8.63. The highest BCUT2D eigenvalue weighted by molar-refractivity contribution is 7.15. The maximum atomic E-state index is 12.2. The number of carbonyl (C=O) groups excluding carboxylic acids is 1. The average Bonchev–Trinajstić information content (AvgIpc) is 3.03. The number of aromatic nitrogens is 1. The monoisotopic (exact) mass is 366 g/mol. The number of hydrogen-bond donors (Lipinski definition) is 1. The molecule has 2 aromatic carbocycles. The Morgan fingerprint density at radius 1 is 1.12 bits per heavy atom. The van der Waals surface area contributed by atoms with Crippen molar-refractivity contribution in [2.24, 2.45) is 0 Å². The van der Waals surface area contributed by atoms with E-state index in [2.05, 4.69) is 10.3 Å². The van der Waals surface area contributed by atoms with E-state index in [4.69, 9.17) is 4.74 Å². The second-order valence-electron chi connectivity index (χ2n) is 5.92. The van der Waals surface area contributed by atoms with E-state index in [-0.39, 0.29) is 5.91 Å². The first-order valence-corrected chi connectivity index (χ1v) is 9.47. The van der Waals surface area contributed by atoms with Crippen LogP contribution in [0.5, 0.6) is 5.75 Å². The quantitative estimate of drug-likeness (QED) is 0.675. The van der Waals surface area contributed by atoms with Gasteiger partial charge in [-0.05, 0) is 31.5 Å². The molecule has 26 heavy (non-hydrogen) atoms. The van der Waals surface area contributed by atoms with Gasteiger partial charge in [-0.15, -0.1) is 11.3 Å². The predicted octanol–water partition coefficient (Wildman–Crippen LogP) is 4.38. The van der Waals surface area contributed by atoms with Crippen LogP contribution in [0.1, 0.15) is 23.1 Å². The summed E-state index contributed by atoms with van der Waals surface area (Å²) in [6.07, 6.45) is 0.357. The van der Waals surface area contributed by atoms with Crippen LogP contribution in [0.25, 0.3) is 10.6 Å². The van der Waals surface area contributed by atoms with E-state index in [0.29, 0.717) is 19.6 Å². The van der Waals surface area contributed by atoms with Crippen LogP contribution in [0.3, 0.4) is 0 Å². The highest BCUT2D eigenvalue weighted by Crippen LogP contribution is 2.27. The Morgan fingerprint density at radius 2 is 1.85 bits per heavy atom. The van der Waals surface area contributed by atoms with Crippen molar-refractivity contribution >= 4 is 17.2 Å². The lowest BCUT2D eigenvalue weighted by atomic mass is 10.1. The molecule has 0 atom stereocenters. The Bertz CT molecular complexity index is 857. The molecule has 0 bridgehead atoms. The van der Waals surface area contributed by atoms with Gasteiger partial charge in [0.25, 0.3) is 0 Å². The average molecular weight is 366 g/mol. The molecule has 3 rings (SSSR count). The summed E-state index contributed by atoms with van der Waals surface area (Å²) in [6, 6.07) is 17.7. The lowest BCUT2D eigenvalue weighted by Crippen LogP contribution is -2.24. The fourth-order valence-electron chi connectivity index (χ4n) is 2.59. The lowest BCUT2D eigenvalue weighted by Gasteiger charge is -2.06. The molecule has 0 radical (unpaired) electrons. The molecule has 1 aromatic heterocycles. The first-order valence-electron chi connectivity index (χ1n) is 8.66. The molecule has 134 valence electrons. The Morgan fingerprint density at radius 3 is 2.54 bits per heavy atom. The fraction of sp³-hybridized carbons (Fsp3) is 0.238. The molecule has 1 N–H and O–H groups in total. The minimum atomic E-state index is 0.00298. The van der Waals surface area contributed by atoms with E-state index < -0.39 is 0 Å². The maximum Gasteiger partial charge on any atom is 0.224 e. The van der Waals surface area contributed by atoms with Crippen LogP contribution in [0.15, 0.2) is 54.6 Å². The van der Waals surface area contributed by atoms with Gasteiger partial charge in [-0.3, -0.25) is 4.79 Å². The minimum absolute atomic E-state index is 0.00298. The molecule has 0 saturated heterocycles. The minimum Gasteiger partial charge on any atom is -0.494 e. The van der Waals surface area contributed by atoms with Gasteiger partial charge in [0.2, 0.25) is 5.91 Å². The number of rotatable bonds is 7. The van der Waals surface area contributed by atoms with Crippen LogP contribution in [0.2, 0.25) is 0 Å². The number of benzene rings is 2. The number of nitrogens with one attached hydrogen (secondary N) is 1. The molecular weight excluding hydrogens is 344 g/mol. The Balaban J connectivity index is 1.57. The van der Waals surface area contributed by atoms with E-state index in [1.165, 1.54) is 0 Å². The first kappa shape index (κ1) is 18.1. The van der Waals surface area contributed by atoms with Crippen LogP contribution < -0.4 is 10.1 Å². The van der Waals surface area contributed by atoms with Crippen molar-refractivity contribution in [3.63, 3.8) is 0 Å². The number of hydrogen-bond acceptors (Lipinski definition) is 4. The molecule has 0 unspecified atom stereocenters. The van der Waals surface area contributed by atoms with Crippen LogP contribution in [0, 0.1) is 6.92 Å². The van der Waals surface area contributed by atoms with Gasteiger partial charge in [-0.25, -0.2) is 4.98 Å². The van der Waals surface area contributed by atoms with Crippen molar-refractivity contribution in [1.82, 2.24) is 10.3 Å². The van der Waals surface area contributed by atoms with Crippen LogP contribution in [0.4, 0.5) is 0 Å². The zero-order valence-electron chi connectivity index (χ0n) is 15.0. The molecule has 3 aromatic rings. The number of thiazole rings is 1. The highest BCUT2D eigenvalue weighted by Gasteiger charge is 2.11. The second-order valence-corrected chi connectivity index (χ2v) is 7.01.